The van der Waals surface area contributed by atoms with Crippen molar-refractivity contribution in [2.45, 2.75) is 19.2 Å². The van der Waals surface area contributed by atoms with Crippen LogP contribution in [-0.4, -0.2) is 29.6 Å². The smallest absolute Gasteiger partial charge is 0.319 e. The molecule has 1 amide bonds. The molecule has 0 fully saturated rings. The second kappa shape index (κ2) is 7.39. The minimum absolute atomic E-state index is 0.308. The summed E-state index contributed by atoms with van der Waals surface area (Å²) < 4.78 is 50.8. The molecule has 0 atom stereocenters. The Kier molecular flexibility index (Phi) is 5.70. The van der Waals surface area contributed by atoms with Crippen LogP contribution < -0.4 is 5.32 Å². The van der Waals surface area contributed by atoms with E-state index in [2.05, 4.69) is 26.2 Å². The van der Waals surface area contributed by atoms with E-state index in [-0.39, 0.29) is 5.82 Å². The molecule has 1 aromatic carbocycles. The number of amides is 1. The number of aryl methyl sites for hydroxylation is 1. The molecule has 0 saturated carbocycles. The van der Waals surface area contributed by atoms with Crippen molar-refractivity contribution in [3.05, 3.63) is 46.5 Å². The van der Waals surface area contributed by atoms with Gasteiger partial charge in [0.25, 0.3) is 0 Å². The van der Waals surface area contributed by atoms with Gasteiger partial charge in [0.15, 0.2) is 9.84 Å². The number of imidazole rings is 1. The Bertz CT molecular complexity index is 853. The molecular formula is C14H14BrF2N3O3S. The molecule has 0 bridgehead atoms. The van der Waals surface area contributed by atoms with Crippen LogP contribution >= 0.6 is 15.9 Å². The zero-order valence-electron chi connectivity index (χ0n) is 12.5. The van der Waals surface area contributed by atoms with E-state index in [9.17, 15) is 22.0 Å². The Hall–Kier alpha value is -1.81. The van der Waals surface area contributed by atoms with Crippen molar-refractivity contribution in [2.75, 3.05) is 11.1 Å². The minimum Gasteiger partial charge on any atom is -0.325 e. The number of hydrogen-bond donors (Lipinski definition) is 1. The maximum absolute atomic E-state index is 12.7. The molecule has 1 N–H and O–H groups in total. The number of sulfone groups is 1. The highest BCUT2D eigenvalue weighted by Crippen LogP contribution is 2.20. The van der Waals surface area contributed by atoms with Crippen LogP contribution in [0.1, 0.15) is 17.9 Å². The quantitative estimate of drug-likeness (QED) is 0.777. The highest BCUT2D eigenvalue weighted by molar-refractivity contribution is 9.10. The average molecular weight is 422 g/mol. The predicted molar refractivity (Wildman–Crippen MR) is 88.5 cm³/mol. The van der Waals surface area contributed by atoms with Gasteiger partial charge in [0, 0.05) is 22.6 Å². The first-order chi connectivity index (χ1) is 11.2. The van der Waals surface area contributed by atoms with Crippen LogP contribution in [-0.2, 0) is 20.4 Å². The molecular weight excluding hydrogens is 408 g/mol. The number of halogens is 3. The molecule has 6 nitrogen and oxygen atoms in total. The van der Waals surface area contributed by atoms with Gasteiger partial charge in [-0.15, -0.1) is 0 Å². The van der Waals surface area contributed by atoms with E-state index in [4.69, 9.17) is 0 Å². The molecule has 0 radical (unpaired) electrons. The lowest BCUT2D eigenvalue weighted by Crippen LogP contribution is -2.25. The van der Waals surface area contributed by atoms with Crippen molar-refractivity contribution in [3.8, 4) is 0 Å². The zero-order valence-corrected chi connectivity index (χ0v) is 14.9. The summed E-state index contributed by atoms with van der Waals surface area (Å²) in [5, 5.41) is 2.50. The molecule has 0 aliphatic rings. The van der Waals surface area contributed by atoms with Crippen molar-refractivity contribution >= 4 is 37.4 Å². The largest absolute Gasteiger partial charge is 0.325 e. The second-order valence-electron chi connectivity index (χ2n) is 5.07. The highest BCUT2D eigenvalue weighted by atomic mass is 79.9. The van der Waals surface area contributed by atoms with Crippen LogP contribution in [0.25, 0.3) is 0 Å². The lowest BCUT2D eigenvalue weighted by atomic mass is 10.2. The number of nitrogens with zero attached hydrogens (tertiary/aromatic N) is 2. The zero-order chi connectivity index (χ0) is 17.9. The monoisotopic (exact) mass is 421 g/mol. The molecule has 1 aromatic heterocycles. The Labute approximate surface area is 145 Å². The van der Waals surface area contributed by atoms with Gasteiger partial charge in [-0.05, 0) is 30.7 Å². The third-order valence-electron chi connectivity index (χ3n) is 3.12. The molecule has 0 aliphatic heterocycles. The number of hydrogen-bond acceptors (Lipinski definition) is 4. The maximum atomic E-state index is 12.7. The van der Waals surface area contributed by atoms with Gasteiger partial charge in [0.1, 0.15) is 17.3 Å². The number of aromatic nitrogens is 2. The molecule has 0 unspecified atom stereocenters. The molecule has 1 heterocycles. The van der Waals surface area contributed by atoms with E-state index in [0.717, 1.165) is 22.4 Å². The predicted octanol–water partition coefficient (Wildman–Crippen LogP) is 2.90. The lowest BCUT2D eigenvalue weighted by Gasteiger charge is -2.10. The summed E-state index contributed by atoms with van der Waals surface area (Å²) in [5.74, 6) is -2.61. The summed E-state index contributed by atoms with van der Waals surface area (Å²) in [6, 6.07) is 5.10. The molecule has 10 heteroatoms. The third kappa shape index (κ3) is 4.84. The molecule has 2 rings (SSSR count). The molecule has 0 aliphatic carbocycles. The molecule has 0 saturated heterocycles. The number of carbonyl (C=O) groups excluding carboxylic acids is 1. The number of benzene rings is 1. The Morgan fingerprint density at radius 1 is 1.42 bits per heavy atom. The fraction of sp³-hybridized carbons (Fsp3) is 0.286. The normalized spacial score (nSPS) is 11.7. The summed E-state index contributed by atoms with van der Waals surface area (Å²) in [7, 11) is -3.94. The van der Waals surface area contributed by atoms with Crippen LogP contribution in [0.4, 0.5) is 14.5 Å². The van der Waals surface area contributed by atoms with E-state index in [1.807, 2.05) is 0 Å². The summed E-state index contributed by atoms with van der Waals surface area (Å²) in [4.78, 5) is 15.5. The van der Waals surface area contributed by atoms with Crippen molar-refractivity contribution in [3.63, 3.8) is 0 Å². The number of rotatable bonds is 6. The van der Waals surface area contributed by atoms with E-state index < -0.39 is 33.8 Å². The lowest BCUT2D eigenvalue weighted by molar-refractivity contribution is -0.113. The van der Waals surface area contributed by atoms with E-state index in [0.29, 0.717) is 10.3 Å². The van der Waals surface area contributed by atoms with Crippen LogP contribution in [0.15, 0.2) is 35.1 Å². The van der Waals surface area contributed by atoms with Crippen LogP contribution in [0.5, 0.6) is 0 Å². The number of anilines is 1. The van der Waals surface area contributed by atoms with Gasteiger partial charge >= 0.3 is 6.55 Å². The van der Waals surface area contributed by atoms with E-state index >= 15 is 0 Å². The first kappa shape index (κ1) is 18.5. The molecule has 130 valence electrons. The van der Waals surface area contributed by atoms with Crippen molar-refractivity contribution in [1.29, 1.82) is 0 Å². The first-order valence-electron chi connectivity index (χ1n) is 6.74. The third-order valence-corrected chi connectivity index (χ3v) is 5.02. The SMILES string of the molecule is Cc1cc(Br)ccc1NC(=O)CS(=O)(=O)Cc1nccn1C(F)F. The van der Waals surface area contributed by atoms with Crippen LogP contribution in [0.2, 0.25) is 0 Å². The summed E-state index contributed by atoms with van der Waals surface area (Å²) >= 11 is 3.28. The van der Waals surface area contributed by atoms with E-state index in [1.54, 1.807) is 25.1 Å². The first-order valence-corrected chi connectivity index (χ1v) is 9.35. The van der Waals surface area contributed by atoms with Crippen LogP contribution in [0, 0.1) is 6.92 Å². The van der Waals surface area contributed by atoms with Crippen molar-refractivity contribution in [2.24, 2.45) is 0 Å². The highest BCUT2D eigenvalue weighted by Gasteiger charge is 2.22. The fourth-order valence-electron chi connectivity index (χ4n) is 2.03. The fourth-order valence-corrected chi connectivity index (χ4v) is 3.70. The number of nitrogens with one attached hydrogen (secondary N) is 1. The topological polar surface area (TPSA) is 81.1 Å². The van der Waals surface area contributed by atoms with Gasteiger partial charge < -0.3 is 5.32 Å². The average Bonchev–Trinajstić information content (AvgIpc) is 2.88. The Morgan fingerprint density at radius 2 is 2.12 bits per heavy atom. The number of carbonyl (C=O) groups is 1. The van der Waals surface area contributed by atoms with Crippen LogP contribution in [0.3, 0.4) is 0 Å². The molecule has 2 aromatic rings. The minimum atomic E-state index is -3.94. The van der Waals surface area contributed by atoms with Gasteiger partial charge in [0.2, 0.25) is 5.91 Å². The van der Waals surface area contributed by atoms with Gasteiger partial charge in [0.05, 0.1) is 0 Å². The van der Waals surface area contributed by atoms with Gasteiger partial charge in [-0.25, -0.2) is 13.4 Å². The Balaban J connectivity index is 2.05. The summed E-state index contributed by atoms with van der Waals surface area (Å²) in [5.41, 5.74) is 1.23. The standard InChI is InChI=1S/C14H14BrF2N3O3S/c1-9-6-10(15)2-3-11(9)19-13(21)8-24(22,23)7-12-18-4-5-20(12)14(16)17/h2-6,14H,7-8H2,1H3,(H,19,21). The molecule has 0 spiro atoms. The van der Waals surface area contributed by atoms with Crippen molar-refractivity contribution < 1.29 is 22.0 Å². The van der Waals surface area contributed by atoms with Gasteiger partial charge in [-0.3, -0.25) is 9.36 Å². The number of alkyl halides is 2. The summed E-state index contributed by atoms with van der Waals surface area (Å²) in [6.07, 6.45) is 2.07. The Morgan fingerprint density at radius 3 is 2.75 bits per heavy atom. The maximum Gasteiger partial charge on any atom is 0.319 e. The van der Waals surface area contributed by atoms with Gasteiger partial charge in [-0.1, -0.05) is 15.9 Å². The molecule has 24 heavy (non-hydrogen) atoms. The van der Waals surface area contributed by atoms with Crippen molar-refractivity contribution in [1.82, 2.24) is 9.55 Å². The summed E-state index contributed by atoms with van der Waals surface area (Å²) in [6.45, 7) is -1.13. The van der Waals surface area contributed by atoms with E-state index in [1.165, 1.54) is 0 Å². The van der Waals surface area contributed by atoms with Gasteiger partial charge in [-0.2, -0.15) is 8.78 Å². The second-order valence-corrected chi connectivity index (χ2v) is 8.05.